The lowest BCUT2D eigenvalue weighted by molar-refractivity contribution is -0.387. The van der Waals surface area contributed by atoms with Crippen LogP contribution in [0.1, 0.15) is 17.8 Å². The number of thiophene rings is 1. The molecule has 2 amide bonds. The zero-order valence-electron chi connectivity index (χ0n) is 16.9. The minimum Gasteiger partial charge on any atom is -0.463 e. The van der Waals surface area contributed by atoms with E-state index in [1.54, 1.807) is 25.1 Å². The average Bonchev–Trinajstić information content (AvgIpc) is 3.31. The summed E-state index contributed by atoms with van der Waals surface area (Å²) in [6.07, 6.45) is 0. The number of nitrogens with zero attached hydrogens (tertiary/aromatic N) is 1. The Kier molecular flexibility index (Phi) is 7.84. The number of para-hydroxylation sites is 1. The van der Waals surface area contributed by atoms with Crippen molar-refractivity contribution in [3.63, 3.8) is 0 Å². The molecule has 2 heterocycles. The van der Waals surface area contributed by atoms with Crippen molar-refractivity contribution in [2.45, 2.75) is 17.9 Å². The van der Waals surface area contributed by atoms with Crippen LogP contribution in [-0.2, 0) is 19.1 Å². The molecule has 0 saturated carbocycles. The molecular formula is C20H19N3O7S2. The van der Waals surface area contributed by atoms with Crippen LogP contribution in [0.5, 0.6) is 0 Å². The number of hydrogen-bond donors (Lipinski definition) is 2. The summed E-state index contributed by atoms with van der Waals surface area (Å²) in [4.78, 5) is 48.6. The van der Waals surface area contributed by atoms with Gasteiger partial charge in [0.1, 0.15) is 6.61 Å². The predicted molar refractivity (Wildman–Crippen MR) is 117 cm³/mol. The number of nitrogens with one attached hydrogen (secondary N) is 2. The van der Waals surface area contributed by atoms with E-state index in [9.17, 15) is 24.5 Å². The molecule has 0 spiro atoms. The molecule has 0 unspecified atom stereocenters. The second-order valence-corrected chi connectivity index (χ2v) is 8.33. The van der Waals surface area contributed by atoms with Gasteiger partial charge in [-0.2, -0.15) is 0 Å². The molecule has 1 atom stereocenters. The fourth-order valence-electron chi connectivity index (χ4n) is 2.91. The third kappa shape index (κ3) is 5.65. The number of ether oxygens (including phenoxy) is 2. The van der Waals surface area contributed by atoms with E-state index in [-0.39, 0.29) is 35.9 Å². The van der Waals surface area contributed by atoms with Gasteiger partial charge in [0.2, 0.25) is 0 Å². The van der Waals surface area contributed by atoms with Gasteiger partial charge in [0, 0.05) is 10.9 Å². The SMILES string of the molecule is CCOC(=O)C1=C(COC(=O)CSc2ccccc2[N+](=O)[O-])NC(=O)N[C@@H]1c1cccs1. The molecule has 0 aliphatic carbocycles. The van der Waals surface area contributed by atoms with E-state index in [1.807, 2.05) is 5.38 Å². The largest absolute Gasteiger partial charge is 0.463 e. The summed E-state index contributed by atoms with van der Waals surface area (Å²) in [5, 5.41) is 18.1. The Morgan fingerprint density at radius 2 is 2.00 bits per heavy atom. The van der Waals surface area contributed by atoms with Crippen LogP contribution in [0.3, 0.4) is 0 Å². The number of nitro groups is 1. The summed E-state index contributed by atoms with van der Waals surface area (Å²) in [5.74, 6) is -1.49. The van der Waals surface area contributed by atoms with Crippen LogP contribution in [-0.4, -0.2) is 41.9 Å². The Labute approximate surface area is 191 Å². The number of rotatable bonds is 9. The van der Waals surface area contributed by atoms with Crippen LogP contribution >= 0.6 is 23.1 Å². The molecule has 3 rings (SSSR count). The van der Waals surface area contributed by atoms with Crippen molar-refractivity contribution in [3.8, 4) is 0 Å². The fourth-order valence-corrected chi connectivity index (χ4v) is 4.52. The van der Waals surface area contributed by atoms with E-state index < -0.39 is 28.9 Å². The Bertz CT molecular complexity index is 1050. The second kappa shape index (κ2) is 10.8. The highest BCUT2D eigenvalue weighted by Crippen LogP contribution is 2.31. The van der Waals surface area contributed by atoms with Crippen LogP contribution < -0.4 is 10.6 Å². The lowest BCUT2D eigenvalue weighted by Crippen LogP contribution is -2.47. The van der Waals surface area contributed by atoms with Gasteiger partial charge in [-0.3, -0.25) is 14.9 Å². The normalized spacial score (nSPS) is 15.5. The molecule has 10 nitrogen and oxygen atoms in total. The van der Waals surface area contributed by atoms with Gasteiger partial charge in [0.15, 0.2) is 0 Å². The van der Waals surface area contributed by atoms with Crippen LogP contribution in [0.2, 0.25) is 0 Å². The second-order valence-electron chi connectivity index (χ2n) is 6.33. The molecule has 32 heavy (non-hydrogen) atoms. The number of nitro benzene ring substituents is 1. The van der Waals surface area contributed by atoms with E-state index in [1.165, 1.54) is 29.5 Å². The van der Waals surface area contributed by atoms with Gasteiger partial charge in [-0.1, -0.05) is 18.2 Å². The molecule has 168 valence electrons. The summed E-state index contributed by atoms with van der Waals surface area (Å²) >= 11 is 2.32. The highest BCUT2D eigenvalue weighted by molar-refractivity contribution is 8.00. The van der Waals surface area contributed by atoms with Crippen molar-refractivity contribution in [1.82, 2.24) is 10.6 Å². The standard InChI is InChI=1S/C20H19N3O7S2/c1-2-29-19(25)17-12(21-20(26)22-18(17)15-8-5-9-31-15)10-30-16(24)11-32-14-7-4-3-6-13(14)23(27)28/h3-9,18H,2,10-11H2,1H3,(H2,21,22,26)/t18-/m1/s1. The number of thioether (sulfide) groups is 1. The maximum Gasteiger partial charge on any atom is 0.338 e. The lowest BCUT2D eigenvalue weighted by Gasteiger charge is -2.28. The Balaban J connectivity index is 1.73. The van der Waals surface area contributed by atoms with Crippen molar-refractivity contribution in [2.24, 2.45) is 0 Å². The average molecular weight is 478 g/mol. The zero-order valence-corrected chi connectivity index (χ0v) is 18.5. The van der Waals surface area contributed by atoms with Crippen LogP contribution in [0.4, 0.5) is 10.5 Å². The number of esters is 2. The predicted octanol–water partition coefficient (Wildman–Crippen LogP) is 3.16. The van der Waals surface area contributed by atoms with Gasteiger partial charge in [-0.15, -0.1) is 23.1 Å². The Morgan fingerprint density at radius 1 is 1.22 bits per heavy atom. The van der Waals surface area contributed by atoms with E-state index in [0.29, 0.717) is 4.90 Å². The van der Waals surface area contributed by atoms with Gasteiger partial charge >= 0.3 is 18.0 Å². The molecule has 0 saturated heterocycles. The molecule has 1 aromatic carbocycles. The first-order valence-corrected chi connectivity index (χ1v) is 11.3. The molecule has 0 radical (unpaired) electrons. The van der Waals surface area contributed by atoms with Crippen molar-refractivity contribution in [3.05, 3.63) is 68.0 Å². The molecule has 12 heteroatoms. The Morgan fingerprint density at radius 3 is 2.69 bits per heavy atom. The maximum atomic E-state index is 12.6. The summed E-state index contributed by atoms with van der Waals surface area (Å²) < 4.78 is 10.4. The topological polar surface area (TPSA) is 137 Å². The first-order valence-electron chi connectivity index (χ1n) is 9.43. The number of benzene rings is 1. The number of hydrogen-bond acceptors (Lipinski definition) is 9. The molecule has 2 aromatic rings. The maximum absolute atomic E-state index is 12.6. The molecule has 2 N–H and O–H groups in total. The first kappa shape index (κ1) is 23.3. The minimum atomic E-state index is -0.738. The first-order chi connectivity index (χ1) is 15.4. The molecule has 1 aromatic heterocycles. The number of urea groups is 1. The van der Waals surface area contributed by atoms with Crippen LogP contribution in [0, 0.1) is 10.1 Å². The molecule has 0 bridgehead atoms. The van der Waals surface area contributed by atoms with Gasteiger partial charge in [-0.25, -0.2) is 9.59 Å². The molecular weight excluding hydrogens is 458 g/mol. The monoisotopic (exact) mass is 477 g/mol. The van der Waals surface area contributed by atoms with E-state index in [0.717, 1.165) is 16.6 Å². The number of amides is 2. The summed E-state index contributed by atoms with van der Waals surface area (Å²) in [5.41, 5.74) is 0.157. The third-order valence-electron chi connectivity index (χ3n) is 4.26. The van der Waals surface area contributed by atoms with E-state index in [4.69, 9.17) is 9.47 Å². The van der Waals surface area contributed by atoms with Crippen molar-refractivity contribution in [2.75, 3.05) is 19.0 Å². The van der Waals surface area contributed by atoms with Gasteiger partial charge < -0.3 is 20.1 Å². The summed E-state index contributed by atoms with van der Waals surface area (Å²) in [6, 6.07) is 8.33. The molecule has 0 fully saturated rings. The minimum absolute atomic E-state index is 0.109. The number of carbonyl (C=O) groups excluding carboxylic acids is 3. The summed E-state index contributed by atoms with van der Waals surface area (Å²) in [6.45, 7) is 1.43. The van der Waals surface area contributed by atoms with Crippen molar-refractivity contribution < 1.29 is 28.8 Å². The van der Waals surface area contributed by atoms with Crippen molar-refractivity contribution >= 4 is 46.8 Å². The summed E-state index contributed by atoms with van der Waals surface area (Å²) in [7, 11) is 0. The highest BCUT2D eigenvalue weighted by atomic mass is 32.2. The zero-order chi connectivity index (χ0) is 23.1. The van der Waals surface area contributed by atoms with Crippen molar-refractivity contribution in [1.29, 1.82) is 0 Å². The lowest BCUT2D eigenvalue weighted by atomic mass is 10.0. The Hall–Kier alpha value is -3.38. The molecule has 1 aliphatic rings. The fraction of sp³-hybridized carbons (Fsp3) is 0.250. The third-order valence-corrected chi connectivity index (χ3v) is 6.24. The molecule has 1 aliphatic heterocycles. The van der Waals surface area contributed by atoms with Gasteiger partial charge in [0.25, 0.3) is 5.69 Å². The van der Waals surface area contributed by atoms with Crippen LogP contribution in [0.15, 0.2) is 57.9 Å². The number of carbonyl (C=O) groups is 3. The van der Waals surface area contributed by atoms with Gasteiger partial charge in [-0.05, 0) is 24.4 Å². The smallest absolute Gasteiger partial charge is 0.338 e. The van der Waals surface area contributed by atoms with E-state index in [2.05, 4.69) is 10.6 Å². The van der Waals surface area contributed by atoms with Crippen LogP contribution in [0.25, 0.3) is 0 Å². The quantitative estimate of drug-likeness (QED) is 0.243. The van der Waals surface area contributed by atoms with E-state index >= 15 is 0 Å². The highest BCUT2D eigenvalue weighted by Gasteiger charge is 2.34. The van der Waals surface area contributed by atoms with Gasteiger partial charge in [0.05, 0.1) is 39.5 Å².